The lowest BCUT2D eigenvalue weighted by Gasteiger charge is -2.19. The van der Waals surface area contributed by atoms with Crippen LogP contribution in [-0.2, 0) is 0 Å². The number of rotatable bonds is 5. The fraction of sp³-hybridized carbons (Fsp3) is 0.250. The minimum Gasteiger partial charge on any atom is -0.366 e. The van der Waals surface area contributed by atoms with Gasteiger partial charge in [0.05, 0.1) is 22.6 Å². The summed E-state index contributed by atoms with van der Waals surface area (Å²) in [5.74, 6) is -0.203. The third-order valence-corrected chi connectivity index (χ3v) is 5.01. The summed E-state index contributed by atoms with van der Waals surface area (Å²) < 4.78 is 28.3. The Hall–Kier alpha value is -3.13. The minimum atomic E-state index is -2.83. The van der Waals surface area contributed by atoms with Crippen LogP contribution in [0.5, 0.6) is 0 Å². The van der Waals surface area contributed by atoms with Crippen molar-refractivity contribution < 1.29 is 13.6 Å². The Bertz CT molecular complexity index is 1140. The second-order valence-corrected chi connectivity index (χ2v) is 6.93. The Balaban J connectivity index is 2.07. The Morgan fingerprint density at radius 2 is 1.89 bits per heavy atom. The van der Waals surface area contributed by atoms with Crippen LogP contribution in [0.4, 0.5) is 8.78 Å². The van der Waals surface area contributed by atoms with Gasteiger partial charge in [0.1, 0.15) is 5.82 Å². The van der Waals surface area contributed by atoms with E-state index in [0.29, 0.717) is 5.69 Å². The molecule has 3 aromatic rings. The maximum atomic E-state index is 13.5. The van der Waals surface area contributed by atoms with Crippen molar-refractivity contribution in [3.8, 4) is 5.69 Å². The van der Waals surface area contributed by atoms with Crippen LogP contribution in [0.2, 0.25) is 0 Å². The molecule has 1 atom stereocenters. The highest BCUT2D eigenvalue weighted by atomic mass is 19.3. The van der Waals surface area contributed by atoms with Crippen molar-refractivity contribution >= 4 is 16.8 Å². The lowest BCUT2D eigenvalue weighted by atomic mass is 10.1. The number of carbonyl (C=O) groups excluding carboxylic acids is 1. The number of benzene rings is 2. The van der Waals surface area contributed by atoms with Gasteiger partial charge in [0.2, 0.25) is 5.91 Å². The molecule has 1 saturated carbocycles. The van der Waals surface area contributed by atoms with Crippen LogP contribution in [0.1, 0.15) is 47.1 Å². The van der Waals surface area contributed by atoms with Gasteiger partial charge in [-0.15, -0.1) is 0 Å². The molecule has 0 radical (unpaired) electrons. The van der Waals surface area contributed by atoms with Gasteiger partial charge in [-0.3, -0.25) is 14.2 Å². The summed E-state index contributed by atoms with van der Waals surface area (Å²) in [5, 5.41) is -0.159. The second kappa shape index (κ2) is 6.79. The van der Waals surface area contributed by atoms with E-state index in [1.807, 2.05) is 0 Å². The van der Waals surface area contributed by atoms with Crippen molar-refractivity contribution in [3.63, 3.8) is 0 Å². The summed E-state index contributed by atoms with van der Waals surface area (Å²) in [7, 11) is 0. The quantitative estimate of drug-likeness (QED) is 0.706. The standard InChI is InChI=1S/C20H18F2N4O2/c21-17(22)13-5-2-6-14-15(13)20(28)26(19(25-14)16(23)10-7-8-10)12-4-1-3-11(9-12)18(24)27/h1-6,9-10,16-17H,7-8,23H2,(H2,24,27). The first-order valence-electron chi connectivity index (χ1n) is 8.88. The van der Waals surface area contributed by atoms with E-state index < -0.39 is 23.9 Å². The fourth-order valence-electron chi connectivity index (χ4n) is 3.39. The zero-order chi connectivity index (χ0) is 20.0. The Labute approximate surface area is 158 Å². The number of hydrogen-bond donors (Lipinski definition) is 2. The van der Waals surface area contributed by atoms with Gasteiger partial charge in [-0.05, 0) is 43.0 Å². The summed E-state index contributed by atoms with van der Waals surface area (Å²) in [6.07, 6.45) is -1.01. The average Bonchev–Trinajstić information content (AvgIpc) is 3.52. The maximum Gasteiger partial charge on any atom is 0.266 e. The van der Waals surface area contributed by atoms with Crippen LogP contribution >= 0.6 is 0 Å². The third kappa shape index (κ3) is 3.05. The van der Waals surface area contributed by atoms with Crippen LogP contribution in [0.15, 0.2) is 47.3 Å². The van der Waals surface area contributed by atoms with Crippen LogP contribution in [0, 0.1) is 5.92 Å². The molecule has 144 valence electrons. The van der Waals surface area contributed by atoms with Crippen molar-refractivity contribution in [2.45, 2.75) is 25.3 Å². The first kappa shape index (κ1) is 18.2. The van der Waals surface area contributed by atoms with Crippen molar-refractivity contribution in [2.75, 3.05) is 0 Å². The summed E-state index contributed by atoms with van der Waals surface area (Å²) >= 11 is 0. The van der Waals surface area contributed by atoms with Crippen molar-refractivity contribution in [1.29, 1.82) is 0 Å². The number of alkyl halides is 2. The molecule has 0 spiro atoms. The van der Waals surface area contributed by atoms with Crippen LogP contribution in [-0.4, -0.2) is 15.5 Å². The first-order valence-corrected chi connectivity index (χ1v) is 8.88. The van der Waals surface area contributed by atoms with Gasteiger partial charge in [0.25, 0.3) is 12.0 Å². The number of aromatic nitrogens is 2. The van der Waals surface area contributed by atoms with Gasteiger partial charge in [-0.2, -0.15) is 0 Å². The number of fused-ring (bicyclic) bond motifs is 1. The van der Waals surface area contributed by atoms with Crippen LogP contribution in [0.25, 0.3) is 16.6 Å². The summed E-state index contributed by atoms with van der Waals surface area (Å²) in [5.41, 5.74) is 11.3. The Morgan fingerprint density at radius 1 is 1.18 bits per heavy atom. The van der Waals surface area contributed by atoms with Crippen LogP contribution in [0.3, 0.4) is 0 Å². The molecule has 0 bridgehead atoms. The van der Waals surface area contributed by atoms with Gasteiger partial charge in [-0.25, -0.2) is 13.8 Å². The molecule has 1 fully saturated rings. The van der Waals surface area contributed by atoms with Gasteiger partial charge < -0.3 is 11.5 Å². The number of halogens is 2. The zero-order valence-electron chi connectivity index (χ0n) is 14.8. The second-order valence-electron chi connectivity index (χ2n) is 6.93. The van der Waals surface area contributed by atoms with E-state index in [-0.39, 0.29) is 33.8 Å². The predicted molar refractivity (Wildman–Crippen MR) is 100 cm³/mol. The average molecular weight is 384 g/mol. The maximum absolute atomic E-state index is 13.5. The molecule has 1 unspecified atom stereocenters. The molecule has 0 saturated heterocycles. The monoisotopic (exact) mass is 384 g/mol. The number of amides is 1. The molecule has 0 aliphatic heterocycles. The molecule has 4 N–H and O–H groups in total. The largest absolute Gasteiger partial charge is 0.366 e. The van der Waals surface area contributed by atoms with Crippen molar-refractivity contribution in [1.82, 2.24) is 9.55 Å². The molecular weight excluding hydrogens is 366 g/mol. The number of hydrogen-bond acceptors (Lipinski definition) is 4. The van der Waals surface area contributed by atoms with Gasteiger partial charge >= 0.3 is 0 Å². The Kier molecular flexibility index (Phi) is 4.43. The molecule has 8 heteroatoms. The third-order valence-electron chi connectivity index (χ3n) is 5.01. The lowest BCUT2D eigenvalue weighted by Crippen LogP contribution is -2.30. The first-order chi connectivity index (χ1) is 13.4. The van der Waals surface area contributed by atoms with E-state index in [1.165, 1.54) is 34.9 Å². The van der Waals surface area contributed by atoms with E-state index in [2.05, 4.69) is 4.98 Å². The summed E-state index contributed by atoms with van der Waals surface area (Å²) in [6, 6.07) is 9.76. The van der Waals surface area contributed by atoms with E-state index in [0.717, 1.165) is 12.8 Å². The Morgan fingerprint density at radius 3 is 2.54 bits per heavy atom. The van der Waals surface area contributed by atoms with Crippen molar-refractivity contribution in [3.05, 3.63) is 69.8 Å². The summed E-state index contributed by atoms with van der Waals surface area (Å²) in [4.78, 5) is 29.4. The van der Waals surface area contributed by atoms with Crippen molar-refractivity contribution in [2.24, 2.45) is 17.4 Å². The van der Waals surface area contributed by atoms with E-state index >= 15 is 0 Å². The van der Waals surface area contributed by atoms with Gasteiger partial charge in [0.15, 0.2) is 0 Å². The molecular formula is C20H18F2N4O2. The molecule has 1 heterocycles. The number of primary amides is 1. The van der Waals surface area contributed by atoms with Gasteiger partial charge in [-0.1, -0.05) is 18.2 Å². The summed E-state index contributed by atoms with van der Waals surface area (Å²) in [6.45, 7) is 0. The zero-order valence-corrected chi connectivity index (χ0v) is 14.8. The molecule has 1 aromatic heterocycles. The topological polar surface area (TPSA) is 104 Å². The number of nitrogens with two attached hydrogens (primary N) is 2. The predicted octanol–water partition coefficient (Wildman–Crippen LogP) is 2.83. The molecule has 28 heavy (non-hydrogen) atoms. The molecule has 1 aliphatic carbocycles. The smallest absolute Gasteiger partial charge is 0.266 e. The minimum absolute atomic E-state index is 0.159. The fourth-order valence-corrected chi connectivity index (χ4v) is 3.39. The van der Waals surface area contributed by atoms with E-state index in [4.69, 9.17) is 11.5 Å². The molecule has 4 rings (SSSR count). The molecule has 1 aliphatic rings. The molecule has 1 amide bonds. The molecule has 2 aromatic carbocycles. The highest BCUT2D eigenvalue weighted by molar-refractivity contribution is 5.93. The molecule has 6 nitrogen and oxygen atoms in total. The number of nitrogens with zero attached hydrogens (tertiary/aromatic N) is 2. The normalized spacial score (nSPS) is 15.1. The lowest BCUT2D eigenvalue weighted by molar-refractivity contribution is 0.1000. The highest BCUT2D eigenvalue weighted by Crippen LogP contribution is 2.39. The highest BCUT2D eigenvalue weighted by Gasteiger charge is 2.33. The number of carbonyl (C=O) groups is 1. The van der Waals surface area contributed by atoms with Crippen LogP contribution < -0.4 is 17.0 Å². The van der Waals surface area contributed by atoms with E-state index in [1.54, 1.807) is 12.1 Å². The van der Waals surface area contributed by atoms with Gasteiger partial charge in [0, 0.05) is 11.1 Å². The van der Waals surface area contributed by atoms with E-state index in [9.17, 15) is 18.4 Å². The SMILES string of the molecule is NC(=O)c1cccc(-n2c(C(N)C3CC3)nc3cccc(C(F)F)c3c2=O)c1.